The number of likely N-dealkylation sites (tertiary alicyclic amines) is 1. The second-order valence-electron chi connectivity index (χ2n) is 7.18. The van der Waals surface area contributed by atoms with E-state index in [4.69, 9.17) is 4.42 Å². The Kier molecular flexibility index (Phi) is 6.19. The van der Waals surface area contributed by atoms with Gasteiger partial charge >= 0.3 is 6.03 Å². The number of nitrogens with one attached hydrogen (secondary N) is 3. The Morgan fingerprint density at radius 1 is 1.32 bits per heavy atom. The van der Waals surface area contributed by atoms with E-state index in [1.54, 1.807) is 23.3 Å². The molecule has 0 aliphatic carbocycles. The Labute approximate surface area is 147 Å². The van der Waals surface area contributed by atoms with E-state index in [9.17, 15) is 14.4 Å². The lowest BCUT2D eigenvalue weighted by Gasteiger charge is -2.24. The smallest absolute Gasteiger partial charge is 0.321 e. The Hall–Kier alpha value is -2.35. The normalized spacial score (nSPS) is 18.0. The highest BCUT2D eigenvalue weighted by molar-refractivity contribution is 5.95. The summed E-state index contributed by atoms with van der Waals surface area (Å²) in [6, 6.07) is 2.64. The highest BCUT2D eigenvalue weighted by Crippen LogP contribution is 2.17. The minimum atomic E-state index is -0.532. The molecule has 138 valence electrons. The van der Waals surface area contributed by atoms with Crippen molar-refractivity contribution in [3.63, 3.8) is 0 Å². The summed E-state index contributed by atoms with van der Waals surface area (Å²) < 4.78 is 5.18. The largest absolute Gasteiger partial charge is 0.467 e. The molecule has 4 amide bonds. The standard InChI is InChI=1S/C17H26N4O4/c1-17(2,3)20-16(24)19-14(22)11-21-8-4-7-13(21)15(23)18-10-12-6-5-9-25-12/h5-6,9,13H,4,7-8,10-11H2,1-3H3,(H,18,23)(H2,19,20,22,24). The number of carbonyl (C=O) groups is 3. The summed E-state index contributed by atoms with van der Waals surface area (Å²) in [6.07, 6.45) is 3.07. The number of carbonyl (C=O) groups excluding carboxylic acids is 3. The molecule has 8 heteroatoms. The lowest BCUT2D eigenvalue weighted by Crippen LogP contribution is -2.52. The van der Waals surface area contributed by atoms with Gasteiger partial charge in [0.15, 0.2) is 0 Å². The molecular weight excluding hydrogens is 324 g/mol. The van der Waals surface area contributed by atoms with Gasteiger partial charge in [0.1, 0.15) is 5.76 Å². The number of rotatable bonds is 5. The van der Waals surface area contributed by atoms with E-state index >= 15 is 0 Å². The minimum Gasteiger partial charge on any atom is -0.467 e. The van der Waals surface area contributed by atoms with Gasteiger partial charge in [0.05, 0.1) is 25.4 Å². The van der Waals surface area contributed by atoms with Crippen molar-refractivity contribution in [2.45, 2.75) is 51.7 Å². The van der Waals surface area contributed by atoms with Crippen molar-refractivity contribution < 1.29 is 18.8 Å². The maximum atomic E-state index is 12.3. The van der Waals surface area contributed by atoms with E-state index in [0.717, 1.165) is 6.42 Å². The zero-order valence-electron chi connectivity index (χ0n) is 14.9. The first-order chi connectivity index (χ1) is 11.7. The van der Waals surface area contributed by atoms with Crippen LogP contribution in [0.5, 0.6) is 0 Å². The molecule has 1 aliphatic heterocycles. The third kappa shape index (κ3) is 6.22. The topological polar surface area (TPSA) is 104 Å². The van der Waals surface area contributed by atoms with Gasteiger partial charge in [0, 0.05) is 5.54 Å². The number of hydrogen-bond acceptors (Lipinski definition) is 5. The van der Waals surface area contributed by atoms with E-state index in [-0.39, 0.29) is 18.5 Å². The van der Waals surface area contributed by atoms with Crippen LogP contribution >= 0.6 is 0 Å². The van der Waals surface area contributed by atoms with Crippen LogP contribution in [0.25, 0.3) is 0 Å². The van der Waals surface area contributed by atoms with Crippen molar-refractivity contribution in [2.75, 3.05) is 13.1 Å². The van der Waals surface area contributed by atoms with Crippen molar-refractivity contribution in [3.8, 4) is 0 Å². The Morgan fingerprint density at radius 3 is 2.72 bits per heavy atom. The van der Waals surface area contributed by atoms with Crippen LogP contribution in [0.15, 0.2) is 22.8 Å². The van der Waals surface area contributed by atoms with Crippen molar-refractivity contribution in [1.29, 1.82) is 0 Å². The summed E-state index contributed by atoms with van der Waals surface area (Å²) in [7, 11) is 0. The molecule has 1 fully saturated rings. The van der Waals surface area contributed by atoms with Gasteiger partial charge in [-0.3, -0.25) is 19.8 Å². The first-order valence-electron chi connectivity index (χ1n) is 8.41. The van der Waals surface area contributed by atoms with Crippen LogP contribution in [0.3, 0.4) is 0 Å². The summed E-state index contributed by atoms with van der Waals surface area (Å²) in [4.78, 5) is 37.9. The molecule has 2 rings (SSSR count). The maximum Gasteiger partial charge on any atom is 0.321 e. The fourth-order valence-electron chi connectivity index (χ4n) is 2.74. The minimum absolute atomic E-state index is 0.0103. The molecule has 1 aromatic rings. The molecule has 1 aliphatic rings. The SMILES string of the molecule is CC(C)(C)NC(=O)NC(=O)CN1CCCC1C(=O)NCc1ccco1. The van der Waals surface area contributed by atoms with E-state index in [1.807, 2.05) is 20.8 Å². The van der Waals surface area contributed by atoms with Crippen LogP contribution in [0, 0.1) is 0 Å². The van der Waals surface area contributed by atoms with Crippen molar-refractivity contribution in [3.05, 3.63) is 24.2 Å². The number of furan rings is 1. The summed E-state index contributed by atoms with van der Waals surface area (Å²) in [6.45, 7) is 6.46. The molecule has 0 bridgehead atoms. The number of nitrogens with zero attached hydrogens (tertiary/aromatic N) is 1. The third-order valence-corrected chi connectivity index (χ3v) is 3.77. The zero-order valence-corrected chi connectivity index (χ0v) is 14.9. The lowest BCUT2D eigenvalue weighted by atomic mass is 10.1. The van der Waals surface area contributed by atoms with Crippen molar-refractivity contribution in [2.24, 2.45) is 0 Å². The second-order valence-corrected chi connectivity index (χ2v) is 7.18. The molecule has 0 saturated carbocycles. The highest BCUT2D eigenvalue weighted by Gasteiger charge is 2.32. The number of urea groups is 1. The molecule has 0 aromatic carbocycles. The van der Waals surface area contributed by atoms with Gasteiger partial charge in [-0.2, -0.15) is 0 Å². The second kappa shape index (κ2) is 8.15. The van der Waals surface area contributed by atoms with E-state index in [2.05, 4.69) is 16.0 Å². The molecule has 25 heavy (non-hydrogen) atoms. The Balaban J connectivity index is 1.80. The first-order valence-corrected chi connectivity index (χ1v) is 8.41. The van der Waals surface area contributed by atoms with Crippen molar-refractivity contribution >= 4 is 17.8 Å². The van der Waals surface area contributed by atoms with E-state index in [1.165, 1.54) is 0 Å². The summed E-state index contributed by atoms with van der Waals surface area (Å²) in [5, 5.41) is 7.78. The van der Waals surface area contributed by atoms with Gasteiger partial charge < -0.3 is 15.1 Å². The summed E-state index contributed by atoms with van der Waals surface area (Å²) in [5.74, 6) is 0.114. The summed E-state index contributed by atoms with van der Waals surface area (Å²) >= 11 is 0. The van der Waals surface area contributed by atoms with Gasteiger partial charge in [-0.05, 0) is 52.3 Å². The highest BCUT2D eigenvalue weighted by atomic mass is 16.3. The van der Waals surface area contributed by atoms with Gasteiger partial charge in [-0.1, -0.05) is 0 Å². The Bertz CT molecular complexity index is 607. The summed E-state index contributed by atoms with van der Waals surface area (Å²) in [5.41, 5.74) is -0.424. The number of amides is 4. The monoisotopic (exact) mass is 350 g/mol. The molecule has 0 radical (unpaired) electrons. The predicted molar refractivity (Wildman–Crippen MR) is 91.6 cm³/mol. The van der Waals surface area contributed by atoms with E-state index < -0.39 is 17.5 Å². The van der Waals surface area contributed by atoms with Gasteiger partial charge in [-0.15, -0.1) is 0 Å². The van der Waals surface area contributed by atoms with Crippen LogP contribution in [0.2, 0.25) is 0 Å². The molecule has 1 unspecified atom stereocenters. The maximum absolute atomic E-state index is 12.3. The molecule has 2 heterocycles. The van der Waals surface area contributed by atoms with Crippen LogP contribution in [0.1, 0.15) is 39.4 Å². The van der Waals surface area contributed by atoms with Crippen LogP contribution in [-0.2, 0) is 16.1 Å². The van der Waals surface area contributed by atoms with E-state index in [0.29, 0.717) is 25.3 Å². The molecular formula is C17H26N4O4. The average Bonchev–Trinajstić information content (AvgIpc) is 3.13. The molecule has 1 atom stereocenters. The Morgan fingerprint density at radius 2 is 2.08 bits per heavy atom. The quantitative estimate of drug-likeness (QED) is 0.734. The fourth-order valence-corrected chi connectivity index (χ4v) is 2.74. The molecule has 3 N–H and O–H groups in total. The zero-order chi connectivity index (χ0) is 18.4. The number of hydrogen-bond donors (Lipinski definition) is 3. The number of imide groups is 1. The van der Waals surface area contributed by atoms with Gasteiger partial charge in [0.25, 0.3) is 0 Å². The average molecular weight is 350 g/mol. The van der Waals surface area contributed by atoms with Crippen molar-refractivity contribution in [1.82, 2.24) is 20.9 Å². The van der Waals surface area contributed by atoms with Crippen LogP contribution in [-0.4, -0.2) is 47.4 Å². The molecule has 1 aromatic heterocycles. The predicted octanol–water partition coefficient (Wildman–Crippen LogP) is 0.985. The van der Waals surface area contributed by atoms with Crippen LogP contribution < -0.4 is 16.0 Å². The molecule has 8 nitrogen and oxygen atoms in total. The van der Waals surface area contributed by atoms with Gasteiger partial charge in [-0.25, -0.2) is 4.79 Å². The van der Waals surface area contributed by atoms with Crippen LogP contribution in [0.4, 0.5) is 4.79 Å². The molecule has 1 saturated heterocycles. The fraction of sp³-hybridized carbons (Fsp3) is 0.588. The first kappa shape index (κ1) is 19.0. The molecule has 0 spiro atoms. The third-order valence-electron chi connectivity index (χ3n) is 3.77. The van der Waals surface area contributed by atoms with Gasteiger partial charge in [0.2, 0.25) is 11.8 Å². The lowest BCUT2D eigenvalue weighted by molar-refractivity contribution is -0.127.